The summed E-state index contributed by atoms with van der Waals surface area (Å²) in [5, 5.41) is 0. The maximum Gasteiger partial charge on any atom is 0.158 e. The van der Waals surface area contributed by atoms with Crippen LogP contribution >= 0.6 is 0 Å². The van der Waals surface area contributed by atoms with Crippen LogP contribution in [0.25, 0.3) is 0 Å². The molecule has 1 atom stereocenters. The van der Waals surface area contributed by atoms with Crippen LogP contribution in [-0.4, -0.2) is 12.3 Å². The second kappa shape index (κ2) is 4.05. The fraction of sp³-hybridized carbons (Fsp3) is 0.727. The fourth-order valence-corrected chi connectivity index (χ4v) is 1.86. The van der Waals surface area contributed by atoms with Crippen molar-refractivity contribution in [2.45, 2.75) is 33.1 Å². The van der Waals surface area contributed by atoms with Crippen LogP contribution in [0.4, 0.5) is 0 Å². The quantitative estimate of drug-likeness (QED) is 0.722. The topological polar surface area (TPSA) is 43.1 Å². The van der Waals surface area contributed by atoms with Crippen molar-refractivity contribution in [2.75, 3.05) is 6.54 Å². The summed E-state index contributed by atoms with van der Waals surface area (Å²) in [7, 11) is 0. The number of hydrogen-bond acceptors (Lipinski definition) is 2. The average Bonchev–Trinajstić information content (AvgIpc) is 2.07. The molecule has 0 aromatic carbocycles. The lowest BCUT2D eigenvalue weighted by Crippen LogP contribution is -2.26. The maximum atomic E-state index is 11.5. The molecule has 1 aliphatic rings. The van der Waals surface area contributed by atoms with Gasteiger partial charge in [-0.1, -0.05) is 19.9 Å². The molecule has 0 fully saturated rings. The van der Waals surface area contributed by atoms with E-state index in [0.717, 1.165) is 19.3 Å². The van der Waals surface area contributed by atoms with Crippen LogP contribution < -0.4 is 5.73 Å². The second-order valence-corrected chi connectivity index (χ2v) is 4.56. The van der Waals surface area contributed by atoms with Gasteiger partial charge in [-0.3, -0.25) is 4.79 Å². The zero-order valence-electron chi connectivity index (χ0n) is 8.55. The molecule has 0 amide bonds. The van der Waals surface area contributed by atoms with Gasteiger partial charge in [0.2, 0.25) is 0 Å². The van der Waals surface area contributed by atoms with E-state index in [1.54, 1.807) is 6.08 Å². The first-order chi connectivity index (χ1) is 6.05. The highest BCUT2D eigenvalue weighted by molar-refractivity contribution is 5.92. The van der Waals surface area contributed by atoms with Gasteiger partial charge in [0.1, 0.15) is 0 Å². The van der Waals surface area contributed by atoms with Crippen molar-refractivity contribution in [3.63, 3.8) is 0 Å². The molecule has 0 saturated heterocycles. The summed E-state index contributed by atoms with van der Waals surface area (Å²) >= 11 is 0. The van der Waals surface area contributed by atoms with E-state index in [2.05, 4.69) is 13.8 Å². The Morgan fingerprint density at radius 2 is 2.31 bits per heavy atom. The fourth-order valence-electron chi connectivity index (χ4n) is 1.86. The molecule has 74 valence electrons. The Morgan fingerprint density at radius 1 is 1.62 bits per heavy atom. The van der Waals surface area contributed by atoms with E-state index in [9.17, 15) is 4.79 Å². The van der Waals surface area contributed by atoms with Crippen molar-refractivity contribution >= 4 is 5.78 Å². The summed E-state index contributed by atoms with van der Waals surface area (Å²) in [4.78, 5) is 11.5. The van der Waals surface area contributed by atoms with Crippen LogP contribution in [0.5, 0.6) is 0 Å². The van der Waals surface area contributed by atoms with E-state index in [0.29, 0.717) is 6.54 Å². The van der Waals surface area contributed by atoms with E-state index in [1.807, 2.05) is 6.08 Å². The third kappa shape index (κ3) is 2.96. The first-order valence-electron chi connectivity index (χ1n) is 4.98. The summed E-state index contributed by atoms with van der Waals surface area (Å²) in [6, 6.07) is 0. The number of rotatable bonds is 3. The molecule has 2 N–H and O–H groups in total. The normalized spacial score (nSPS) is 26.4. The first kappa shape index (κ1) is 10.5. The van der Waals surface area contributed by atoms with E-state index in [4.69, 9.17) is 5.73 Å². The molecular formula is C11H19NO. The predicted molar refractivity (Wildman–Crippen MR) is 54.3 cm³/mol. The molecular weight excluding hydrogens is 162 g/mol. The van der Waals surface area contributed by atoms with Crippen LogP contribution in [0.2, 0.25) is 0 Å². The number of carbonyl (C=O) groups is 1. The second-order valence-electron chi connectivity index (χ2n) is 4.56. The molecule has 13 heavy (non-hydrogen) atoms. The van der Waals surface area contributed by atoms with Crippen molar-refractivity contribution in [3.8, 4) is 0 Å². The maximum absolute atomic E-state index is 11.5. The minimum Gasteiger partial charge on any atom is -0.330 e. The first-order valence-corrected chi connectivity index (χ1v) is 4.98. The van der Waals surface area contributed by atoms with Gasteiger partial charge in [0.25, 0.3) is 0 Å². The lowest BCUT2D eigenvalue weighted by atomic mass is 9.75. The van der Waals surface area contributed by atoms with Crippen molar-refractivity contribution < 1.29 is 4.79 Å². The van der Waals surface area contributed by atoms with Crippen molar-refractivity contribution in [2.24, 2.45) is 17.1 Å². The number of hydrogen-bond donors (Lipinski definition) is 1. The van der Waals surface area contributed by atoms with Crippen LogP contribution in [0.15, 0.2) is 12.2 Å². The Kier molecular flexibility index (Phi) is 3.26. The van der Waals surface area contributed by atoms with Gasteiger partial charge in [-0.2, -0.15) is 0 Å². The summed E-state index contributed by atoms with van der Waals surface area (Å²) in [5.41, 5.74) is 5.62. The van der Waals surface area contributed by atoms with Gasteiger partial charge in [0.15, 0.2) is 5.78 Å². The molecule has 2 heteroatoms. The van der Waals surface area contributed by atoms with Crippen LogP contribution in [0.3, 0.4) is 0 Å². The number of allylic oxidation sites excluding steroid dienone is 2. The zero-order valence-corrected chi connectivity index (χ0v) is 8.55. The molecule has 1 aliphatic carbocycles. The van der Waals surface area contributed by atoms with Gasteiger partial charge in [0.05, 0.1) is 0 Å². The van der Waals surface area contributed by atoms with Gasteiger partial charge < -0.3 is 5.73 Å². The highest BCUT2D eigenvalue weighted by Crippen LogP contribution is 2.33. The Balaban J connectivity index is 2.56. The zero-order chi connectivity index (χ0) is 9.90. The summed E-state index contributed by atoms with van der Waals surface area (Å²) in [6.07, 6.45) is 6.64. The van der Waals surface area contributed by atoms with Crippen LogP contribution in [-0.2, 0) is 4.79 Å². The Bertz CT molecular complexity index is 218. The van der Waals surface area contributed by atoms with E-state index >= 15 is 0 Å². The lowest BCUT2D eigenvalue weighted by Gasteiger charge is -2.29. The standard InChI is InChI=1S/C11H19NO/c1-11(2)6-5-10(13)9(8-11)4-3-7-12/h5-6,9H,3-4,7-8,12H2,1-2H3. The Morgan fingerprint density at radius 3 is 2.92 bits per heavy atom. The smallest absolute Gasteiger partial charge is 0.158 e. The van der Waals surface area contributed by atoms with Gasteiger partial charge in [-0.25, -0.2) is 0 Å². The monoisotopic (exact) mass is 181 g/mol. The Hall–Kier alpha value is -0.630. The van der Waals surface area contributed by atoms with E-state index in [1.165, 1.54) is 0 Å². The minimum atomic E-state index is 0.188. The van der Waals surface area contributed by atoms with Gasteiger partial charge in [-0.05, 0) is 37.3 Å². The van der Waals surface area contributed by atoms with E-state index in [-0.39, 0.29) is 17.1 Å². The molecule has 0 aromatic rings. The molecule has 1 unspecified atom stereocenters. The number of nitrogens with two attached hydrogens (primary N) is 1. The van der Waals surface area contributed by atoms with Gasteiger partial charge >= 0.3 is 0 Å². The minimum absolute atomic E-state index is 0.188. The van der Waals surface area contributed by atoms with Gasteiger partial charge in [0, 0.05) is 5.92 Å². The van der Waals surface area contributed by atoms with Crippen molar-refractivity contribution in [1.29, 1.82) is 0 Å². The van der Waals surface area contributed by atoms with Crippen LogP contribution in [0, 0.1) is 11.3 Å². The van der Waals surface area contributed by atoms with Gasteiger partial charge in [-0.15, -0.1) is 0 Å². The highest BCUT2D eigenvalue weighted by Gasteiger charge is 2.28. The predicted octanol–water partition coefficient (Wildman–Crippen LogP) is 1.90. The molecule has 0 aliphatic heterocycles. The molecule has 2 nitrogen and oxygen atoms in total. The van der Waals surface area contributed by atoms with Crippen LogP contribution in [0.1, 0.15) is 33.1 Å². The van der Waals surface area contributed by atoms with E-state index < -0.39 is 0 Å². The summed E-state index contributed by atoms with van der Waals surface area (Å²) < 4.78 is 0. The third-order valence-corrected chi connectivity index (χ3v) is 2.63. The lowest BCUT2D eigenvalue weighted by molar-refractivity contribution is -0.119. The number of carbonyl (C=O) groups excluding carboxylic acids is 1. The van der Waals surface area contributed by atoms with Crippen molar-refractivity contribution in [1.82, 2.24) is 0 Å². The summed E-state index contributed by atoms with van der Waals surface area (Å²) in [5.74, 6) is 0.497. The molecule has 0 heterocycles. The molecule has 0 spiro atoms. The third-order valence-electron chi connectivity index (χ3n) is 2.63. The molecule has 0 bridgehead atoms. The largest absolute Gasteiger partial charge is 0.330 e. The Labute approximate surface area is 80.2 Å². The highest BCUT2D eigenvalue weighted by atomic mass is 16.1. The molecule has 0 saturated carbocycles. The average molecular weight is 181 g/mol. The molecule has 0 aromatic heterocycles. The summed E-state index contributed by atoms with van der Waals surface area (Å²) in [6.45, 7) is 5.03. The molecule has 0 radical (unpaired) electrons. The SMILES string of the molecule is CC1(C)C=CC(=O)C(CCCN)C1. The number of ketones is 1. The van der Waals surface area contributed by atoms with Crippen molar-refractivity contribution in [3.05, 3.63) is 12.2 Å². The molecule has 1 rings (SSSR count).